The normalized spacial score (nSPS) is 18.9. The van der Waals surface area contributed by atoms with Crippen LogP contribution in [0.4, 0.5) is 13.2 Å². The van der Waals surface area contributed by atoms with Crippen molar-refractivity contribution in [2.45, 2.75) is 44.9 Å². The summed E-state index contributed by atoms with van der Waals surface area (Å²) in [5.74, 6) is -0.297. The molecule has 0 saturated carbocycles. The van der Waals surface area contributed by atoms with Crippen LogP contribution >= 0.6 is 0 Å². The highest BCUT2D eigenvalue weighted by Gasteiger charge is 2.30. The lowest BCUT2D eigenvalue weighted by atomic mass is 10.1. The van der Waals surface area contributed by atoms with Gasteiger partial charge >= 0.3 is 12.1 Å². The summed E-state index contributed by atoms with van der Waals surface area (Å²) < 4.78 is 54.5. The van der Waals surface area contributed by atoms with Crippen LogP contribution in [0, 0.1) is 0 Å². The Morgan fingerprint density at radius 1 is 1.12 bits per heavy atom. The number of benzene rings is 2. The number of hydrogen-bond acceptors (Lipinski definition) is 5. The quantitative estimate of drug-likeness (QED) is 0.471. The van der Waals surface area contributed by atoms with Gasteiger partial charge in [0.1, 0.15) is 18.5 Å². The average molecular weight is 463 g/mol. The van der Waals surface area contributed by atoms with Crippen LogP contribution in [-0.4, -0.2) is 30.9 Å². The van der Waals surface area contributed by atoms with E-state index >= 15 is 0 Å². The molecule has 0 bridgehead atoms. The SMILES string of the molecule is CC(=O)OCC1C=CCC(Oc2ccc([C@H](C)NC(=O)c3ccc(C(F)(F)F)cc3)cc2)O1. The van der Waals surface area contributed by atoms with E-state index in [4.69, 9.17) is 14.2 Å². The first-order valence-corrected chi connectivity index (χ1v) is 10.3. The van der Waals surface area contributed by atoms with E-state index in [-0.39, 0.29) is 30.3 Å². The fourth-order valence-corrected chi connectivity index (χ4v) is 3.17. The molecule has 0 fully saturated rings. The molecule has 1 aliphatic heterocycles. The largest absolute Gasteiger partial charge is 0.465 e. The van der Waals surface area contributed by atoms with Gasteiger partial charge in [-0.3, -0.25) is 9.59 Å². The van der Waals surface area contributed by atoms with Crippen LogP contribution in [0.2, 0.25) is 0 Å². The molecule has 2 aromatic carbocycles. The summed E-state index contributed by atoms with van der Waals surface area (Å²) in [5, 5.41) is 2.76. The van der Waals surface area contributed by atoms with Gasteiger partial charge in [0.15, 0.2) is 0 Å². The maximum absolute atomic E-state index is 12.7. The fourth-order valence-electron chi connectivity index (χ4n) is 3.17. The second kappa shape index (κ2) is 10.5. The van der Waals surface area contributed by atoms with E-state index in [1.54, 1.807) is 31.2 Å². The van der Waals surface area contributed by atoms with Crippen LogP contribution in [0.1, 0.15) is 47.8 Å². The molecule has 0 radical (unpaired) electrons. The Bertz CT molecular complexity index is 987. The monoisotopic (exact) mass is 463 g/mol. The van der Waals surface area contributed by atoms with E-state index in [2.05, 4.69) is 5.32 Å². The first kappa shape index (κ1) is 24.3. The zero-order valence-electron chi connectivity index (χ0n) is 18.1. The minimum absolute atomic E-state index is 0.112. The topological polar surface area (TPSA) is 73.9 Å². The predicted molar refractivity (Wildman–Crippen MR) is 113 cm³/mol. The van der Waals surface area contributed by atoms with Gasteiger partial charge in [0.2, 0.25) is 6.29 Å². The lowest BCUT2D eigenvalue weighted by molar-refractivity contribution is -0.154. The van der Waals surface area contributed by atoms with Crippen molar-refractivity contribution < 1.29 is 37.0 Å². The van der Waals surface area contributed by atoms with Gasteiger partial charge in [0, 0.05) is 18.9 Å². The van der Waals surface area contributed by atoms with Gasteiger partial charge in [-0.2, -0.15) is 13.2 Å². The Morgan fingerprint density at radius 2 is 1.79 bits per heavy atom. The molecule has 1 amide bonds. The summed E-state index contributed by atoms with van der Waals surface area (Å²) in [6.07, 6.45) is -1.11. The summed E-state index contributed by atoms with van der Waals surface area (Å²) in [4.78, 5) is 23.3. The molecule has 9 heteroatoms. The van der Waals surface area contributed by atoms with Crippen molar-refractivity contribution in [2.75, 3.05) is 6.61 Å². The minimum Gasteiger partial charge on any atom is -0.465 e. The van der Waals surface area contributed by atoms with Gasteiger partial charge in [-0.15, -0.1) is 0 Å². The highest BCUT2D eigenvalue weighted by Crippen LogP contribution is 2.29. The Morgan fingerprint density at radius 3 is 2.39 bits per heavy atom. The molecule has 3 rings (SSSR count). The predicted octanol–water partition coefficient (Wildman–Crippen LogP) is 4.81. The third-order valence-corrected chi connectivity index (χ3v) is 4.93. The zero-order valence-corrected chi connectivity index (χ0v) is 18.1. The van der Waals surface area contributed by atoms with Gasteiger partial charge in [-0.1, -0.05) is 24.3 Å². The van der Waals surface area contributed by atoms with Crippen molar-refractivity contribution in [3.05, 3.63) is 77.4 Å². The van der Waals surface area contributed by atoms with E-state index in [9.17, 15) is 22.8 Å². The molecule has 3 atom stereocenters. The van der Waals surface area contributed by atoms with Crippen molar-refractivity contribution in [1.29, 1.82) is 0 Å². The second-order valence-electron chi connectivity index (χ2n) is 7.53. The number of carbonyl (C=O) groups excluding carboxylic acids is 2. The molecule has 0 spiro atoms. The van der Waals surface area contributed by atoms with Gasteiger partial charge in [-0.25, -0.2) is 0 Å². The number of hydrogen-bond donors (Lipinski definition) is 1. The standard InChI is InChI=1S/C24H24F3NO5/c1-15(28-23(30)18-6-10-19(11-7-18)24(25,26)27)17-8-12-20(13-9-17)32-22-5-3-4-21(33-22)14-31-16(2)29/h3-4,6-13,15,21-22H,5,14H2,1-2H3,(H,28,30)/t15-,21?,22?/m0/s1. The lowest BCUT2D eigenvalue weighted by Gasteiger charge is -2.26. The molecule has 33 heavy (non-hydrogen) atoms. The van der Waals surface area contributed by atoms with Crippen LogP contribution in [-0.2, 0) is 20.4 Å². The van der Waals surface area contributed by atoms with Crippen LogP contribution in [0.15, 0.2) is 60.7 Å². The first-order chi connectivity index (χ1) is 15.6. The van der Waals surface area contributed by atoms with Gasteiger partial charge in [0.25, 0.3) is 5.91 Å². The molecule has 0 aromatic heterocycles. The van der Waals surface area contributed by atoms with Crippen LogP contribution in [0.25, 0.3) is 0 Å². The maximum atomic E-state index is 12.7. The summed E-state index contributed by atoms with van der Waals surface area (Å²) in [6, 6.07) is 10.7. The number of halogens is 3. The molecule has 0 aliphatic carbocycles. The summed E-state index contributed by atoms with van der Waals surface area (Å²) in [7, 11) is 0. The highest BCUT2D eigenvalue weighted by atomic mass is 19.4. The van der Waals surface area contributed by atoms with Gasteiger partial charge in [-0.05, 0) is 48.9 Å². The Labute approximate surface area is 189 Å². The first-order valence-electron chi connectivity index (χ1n) is 10.3. The number of amides is 1. The Balaban J connectivity index is 1.53. The van der Waals surface area contributed by atoms with Crippen LogP contribution in [0.5, 0.6) is 5.75 Å². The molecule has 176 valence electrons. The maximum Gasteiger partial charge on any atom is 0.416 e. The molecule has 1 aliphatic rings. The molecular weight excluding hydrogens is 439 g/mol. The average Bonchev–Trinajstić information content (AvgIpc) is 2.78. The third-order valence-electron chi connectivity index (χ3n) is 4.93. The fraction of sp³-hybridized carbons (Fsp3) is 0.333. The highest BCUT2D eigenvalue weighted by molar-refractivity contribution is 5.94. The van der Waals surface area contributed by atoms with Crippen molar-refractivity contribution in [3.8, 4) is 5.75 Å². The molecule has 0 saturated heterocycles. The number of esters is 1. The summed E-state index contributed by atoms with van der Waals surface area (Å²) in [5.41, 5.74) is 0.123. The summed E-state index contributed by atoms with van der Waals surface area (Å²) >= 11 is 0. The Hall–Kier alpha value is -3.33. The van der Waals surface area contributed by atoms with Crippen molar-refractivity contribution in [2.24, 2.45) is 0 Å². The van der Waals surface area contributed by atoms with Gasteiger partial charge < -0.3 is 19.5 Å². The van der Waals surface area contributed by atoms with Crippen LogP contribution in [0.3, 0.4) is 0 Å². The van der Waals surface area contributed by atoms with E-state index < -0.39 is 23.9 Å². The number of carbonyl (C=O) groups is 2. The Kier molecular flexibility index (Phi) is 7.75. The number of rotatable bonds is 7. The van der Waals surface area contributed by atoms with Crippen molar-refractivity contribution in [3.63, 3.8) is 0 Å². The van der Waals surface area contributed by atoms with E-state index in [0.717, 1.165) is 29.8 Å². The van der Waals surface area contributed by atoms with Crippen molar-refractivity contribution >= 4 is 11.9 Å². The van der Waals surface area contributed by atoms with E-state index in [1.165, 1.54) is 6.92 Å². The van der Waals surface area contributed by atoms with E-state index in [1.807, 2.05) is 12.2 Å². The number of alkyl halides is 3. The second-order valence-corrected chi connectivity index (χ2v) is 7.53. The smallest absolute Gasteiger partial charge is 0.416 e. The number of nitrogens with one attached hydrogen (secondary N) is 1. The molecule has 2 unspecified atom stereocenters. The molecule has 6 nitrogen and oxygen atoms in total. The van der Waals surface area contributed by atoms with E-state index in [0.29, 0.717) is 12.2 Å². The van der Waals surface area contributed by atoms with Crippen LogP contribution < -0.4 is 10.1 Å². The minimum atomic E-state index is -4.45. The lowest BCUT2D eigenvalue weighted by Crippen LogP contribution is -2.32. The molecule has 1 N–H and O–H groups in total. The number of ether oxygens (including phenoxy) is 3. The van der Waals surface area contributed by atoms with Crippen molar-refractivity contribution in [1.82, 2.24) is 5.32 Å². The van der Waals surface area contributed by atoms with Gasteiger partial charge in [0.05, 0.1) is 11.6 Å². The molecule has 2 aromatic rings. The third kappa shape index (κ3) is 7.08. The molecule has 1 heterocycles. The summed E-state index contributed by atoms with van der Waals surface area (Å²) in [6.45, 7) is 3.21. The zero-order chi connectivity index (χ0) is 24.0. The molecular formula is C24H24F3NO5.